The molecule has 0 radical (unpaired) electrons. The molecule has 1 saturated carbocycles. The number of likely N-dealkylation sites (N-methyl/N-ethyl adjacent to an activating group) is 1. The van der Waals surface area contributed by atoms with Gasteiger partial charge in [-0.3, -0.25) is 4.79 Å². The molecule has 2 fully saturated rings. The van der Waals surface area contributed by atoms with Gasteiger partial charge in [-0.1, -0.05) is 19.3 Å². The summed E-state index contributed by atoms with van der Waals surface area (Å²) in [5.74, 6) is 0.397. The quantitative estimate of drug-likeness (QED) is 0.826. The summed E-state index contributed by atoms with van der Waals surface area (Å²) in [5.41, 5.74) is 0. The number of amides is 1. The molecule has 1 aliphatic carbocycles. The number of hydrogen-bond acceptors (Lipinski definition) is 3. The van der Waals surface area contributed by atoms with Crippen molar-refractivity contribution in [3.05, 3.63) is 0 Å². The van der Waals surface area contributed by atoms with Crippen LogP contribution in [0.4, 0.5) is 0 Å². The Morgan fingerprint density at radius 2 is 1.84 bits per heavy atom. The fourth-order valence-electron chi connectivity index (χ4n) is 3.16. The molecule has 0 spiro atoms. The molecule has 1 amide bonds. The lowest BCUT2D eigenvalue weighted by molar-refractivity contribution is -0.127. The number of rotatable bonds is 5. The summed E-state index contributed by atoms with van der Waals surface area (Å²) < 4.78 is 5.28. The van der Waals surface area contributed by atoms with Crippen molar-refractivity contribution in [1.29, 1.82) is 0 Å². The Hall–Kier alpha value is -0.610. The molecule has 110 valence electrons. The highest BCUT2D eigenvalue weighted by Gasteiger charge is 2.22. The third kappa shape index (κ3) is 4.77. The topological polar surface area (TPSA) is 41.6 Å². The molecule has 19 heavy (non-hydrogen) atoms. The SMILES string of the molecule is CN(CCNC(=O)C1CCOCC1)C1CCCCC1. The largest absolute Gasteiger partial charge is 0.381 e. The van der Waals surface area contributed by atoms with Crippen LogP contribution in [0.15, 0.2) is 0 Å². The summed E-state index contributed by atoms with van der Waals surface area (Å²) in [4.78, 5) is 14.4. The van der Waals surface area contributed by atoms with Crippen LogP contribution in [-0.4, -0.2) is 50.2 Å². The Kier molecular flexibility index (Phi) is 6.11. The van der Waals surface area contributed by atoms with Gasteiger partial charge in [0, 0.05) is 38.3 Å². The fraction of sp³-hybridized carbons (Fsp3) is 0.933. The Morgan fingerprint density at radius 3 is 2.53 bits per heavy atom. The van der Waals surface area contributed by atoms with Gasteiger partial charge in [-0.15, -0.1) is 0 Å². The number of nitrogens with one attached hydrogen (secondary N) is 1. The second-order valence-electron chi connectivity index (χ2n) is 5.95. The van der Waals surface area contributed by atoms with E-state index in [9.17, 15) is 4.79 Å². The van der Waals surface area contributed by atoms with E-state index in [1.165, 1.54) is 32.1 Å². The van der Waals surface area contributed by atoms with Gasteiger partial charge in [0.1, 0.15) is 0 Å². The predicted molar refractivity (Wildman–Crippen MR) is 76.1 cm³/mol. The number of hydrogen-bond donors (Lipinski definition) is 1. The van der Waals surface area contributed by atoms with Crippen LogP contribution in [0.1, 0.15) is 44.9 Å². The van der Waals surface area contributed by atoms with Crippen molar-refractivity contribution in [3.63, 3.8) is 0 Å². The average molecular weight is 268 g/mol. The highest BCUT2D eigenvalue weighted by molar-refractivity contribution is 5.78. The van der Waals surface area contributed by atoms with Crippen molar-refractivity contribution >= 4 is 5.91 Å². The lowest BCUT2D eigenvalue weighted by Gasteiger charge is -2.31. The van der Waals surface area contributed by atoms with Crippen molar-refractivity contribution in [3.8, 4) is 0 Å². The van der Waals surface area contributed by atoms with Crippen molar-refractivity contribution in [2.24, 2.45) is 5.92 Å². The maximum atomic E-state index is 12.0. The molecule has 2 aliphatic rings. The van der Waals surface area contributed by atoms with Crippen LogP contribution in [0.5, 0.6) is 0 Å². The zero-order valence-corrected chi connectivity index (χ0v) is 12.2. The van der Waals surface area contributed by atoms with E-state index in [2.05, 4.69) is 17.3 Å². The van der Waals surface area contributed by atoms with Gasteiger partial charge >= 0.3 is 0 Å². The Labute approximate surface area is 116 Å². The fourth-order valence-corrected chi connectivity index (χ4v) is 3.16. The second-order valence-corrected chi connectivity index (χ2v) is 5.95. The highest BCUT2D eigenvalue weighted by Crippen LogP contribution is 2.21. The first kappa shape index (κ1) is 14.8. The van der Waals surface area contributed by atoms with Crippen molar-refractivity contribution in [2.75, 3.05) is 33.4 Å². The minimum absolute atomic E-state index is 0.175. The van der Waals surface area contributed by atoms with E-state index in [0.717, 1.165) is 45.2 Å². The van der Waals surface area contributed by atoms with E-state index in [-0.39, 0.29) is 11.8 Å². The van der Waals surface area contributed by atoms with Crippen molar-refractivity contribution < 1.29 is 9.53 Å². The third-order valence-corrected chi connectivity index (χ3v) is 4.55. The smallest absolute Gasteiger partial charge is 0.223 e. The van der Waals surface area contributed by atoms with E-state index in [1.54, 1.807) is 0 Å². The number of carbonyl (C=O) groups is 1. The molecule has 0 aromatic rings. The summed E-state index contributed by atoms with van der Waals surface area (Å²) in [6, 6.07) is 0.730. The van der Waals surface area contributed by atoms with Crippen LogP contribution < -0.4 is 5.32 Å². The van der Waals surface area contributed by atoms with Gasteiger partial charge in [-0.05, 0) is 32.7 Å². The molecular weight excluding hydrogens is 240 g/mol. The Bertz CT molecular complexity index is 271. The van der Waals surface area contributed by atoms with E-state index >= 15 is 0 Å². The lowest BCUT2D eigenvalue weighted by atomic mass is 9.94. The monoisotopic (exact) mass is 268 g/mol. The third-order valence-electron chi connectivity index (χ3n) is 4.55. The van der Waals surface area contributed by atoms with Crippen LogP contribution in [0, 0.1) is 5.92 Å². The summed E-state index contributed by atoms with van der Waals surface area (Å²) >= 11 is 0. The van der Waals surface area contributed by atoms with Crippen LogP contribution in [0.3, 0.4) is 0 Å². The average Bonchev–Trinajstić information content (AvgIpc) is 2.49. The normalized spacial score (nSPS) is 22.6. The van der Waals surface area contributed by atoms with Gasteiger partial charge in [0.15, 0.2) is 0 Å². The Morgan fingerprint density at radius 1 is 1.16 bits per heavy atom. The molecule has 4 nitrogen and oxygen atoms in total. The Balaban J connectivity index is 1.60. The van der Waals surface area contributed by atoms with Gasteiger partial charge < -0.3 is 15.0 Å². The highest BCUT2D eigenvalue weighted by atomic mass is 16.5. The summed E-state index contributed by atoms with van der Waals surface area (Å²) in [7, 11) is 2.19. The van der Waals surface area contributed by atoms with Crippen molar-refractivity contribution in [2.45, 2.75) is 51.0 Å². The molecule has 0 unspecified atom stereocenters. The van der Waals surface area contributed by atoms with Crippen LogP contribution >= 0.6 is 0 Å². The zero-order valence-electron chi connectivity index (χ0n) is 12.2. The summed E-state index contributed by atoms with van der Waals surface area (Å²) in [6.45, 7) is 3.23. The molecular formula is C15H28N2O2. The molecule has 0 aromatic carbocycles. The second kappa shape index (κ2) is 7.85. The molecule has 1 N–H and O–H groups in total. The van der Waals surface area contributed by atoms with E-state index in [1.807, 2.05) is 0 Å². The molecule has 0 bridgehead atoms. The van der Waals surface area contributed by atoms with E-state index in [0.29, 0.717) is 0 Å². The first-order valence-corrected chi connectivity index (χ1v) is 7.83. The molecule has 0 aromatic heterocycles. The molecule has 0 atom stereocenters. The minimum Gasteiger partial charge on any atom is -0.381 e. The predicted octanol–water partition coefficient (Wildman–Crippen LogP) is 1.79. The molecule has 1 aliphatic heterocycles. The standard InChI is InChI=1S/C15H28N2O2/c1-17(14-5-3-2-4-6-14)10-9-16-15(18)13-7-11-19-12-8-13/h13-14H,2-12H2,1H3,(H,16,18). The summed E-state index contributed by atoms with van der Waals surface area (Å²) in [6.07, 6.45) is 8.53. The van der Waals surface area contributed by atoms with Gasteiger partial charge in [-0.2, -0.15) is 0 Å². The van der Waals surface area contributed by atoms with Gasteiger partial charge in [0.25, 0.3) is 0 Å². The maximum Gasteiger partial charge on any atom is 0.223 e. The first-order chi connectivity index (χ1) is 9.27. The number of ether oxygens (including phenoxy) is 1. The zero-order chi connectivity index (χ0) is 13.5. The van der Waals surface area contributed by atoms with E-state index < -0.39 is 0 Å². The maximum absolute atomic E-state index is 12.0. The molecule has 2 rings (SSSR count). The molecule has 1 saturated heterocycles. The van der Waals surface area contributed by atoms with Crippen LogP contribution in [-0.2, 0) is 9.53 Å². The minimum atomic E-state index is 0.175. The number of nitrogens with zero attached hydrogens (tertiary/aromatic N) is 1. The lowest BCUT2D eigenvalue weighted by Crippen LogP contribution is -2.41. The van der Waals surface area contributed by atoms with E-state index in [4.69, 9.17) is 4.74 Å². The molecule has 4 heteroatoms. The van der Waals surface area contributed by atoms with Crippen molar-refractivity contribution in [1.82, 2.24) is 10.2 Å². The molecule has 1 heterocycles. The first-order valence-electron chi connectivity index (χ1n) is 7.83. The van der Waals surface area contributed by atoms with Gasteiger partial charge in [0.2, 0.25) is 5.91 Å². The van der Waals surface area contributed by atoms with Crippen LogP contribution in [0.25, 0.3) is 0 Å². The summed E-state index contributed by atoms with van der Waals surface area (Å²) in [5, 5.41) is 3.09. The van der Waals surface area contributed by atoms with Gasteiger partial charge in [0.05, 0.1) is 0 Å². The van der Waals surface area contributed by atoms with Gasteiger partial charge in [-0.25, -0.2) is 0 Å². The van der Waals surface area contributed by atoms with Crippen LogP contribution in [0.2, 0.25) is 0 Å². The number of carbonyl (C=O) groups excluding carboxylic acids is 1.